The smallest absolute Gasteiger partial charge is 0.128 e. The molecule has 0 aromatic rings. The molecule has 0 aromatic carbocycles. The summed E-state index contributed by atoms with van der Waals surface area (Å²) in [5.41, 5.74) is -0.645. The zero-order valence-electron chi connectivity index (χ0n) is 9.70. The molecule has 0 aliphatic heterocycles. The highest BCUT2D eigenvalue weighted by molar-refractivity contribution is 7.90. The summed E-state index contributed by atoms with van der Waals surface area (Å²) >= 11 is -0.801. The molecular formula is C11H22O3S. The third-order valence-electron chi connectivity index (χ3n) is 3.28. The maximum atomic E-state index is 10.8. The molecule has 0 heterocycles. The van der Waals surface area contributed by atoms with Crippen LogP contribution in [0.4, 0.5) is 0 Å². The third kappa shape index (κ3) is 4.31. The van der Waals surface area contributed by atoms with Crippen molar-refractivity contribution in [2.45, 2.75) is 38.2 Å². The van der Waals surface area contributed by atoms with Gasteiger partial charge in [0.1, 0.15) is 5.75 Å². The van der Waals surface area contributed by atoms with Crippen LogP contribution in [0.1, 0.15) is 32.6 Å². The van der Waals surface area contributed by atoms with Gasteiger partial charge in [-0.05, 0) is 18.8 Å². The molecule has 0 aromatic heterocycles. The molecule has 1 N–H and O–H groups in total. The zero-order valence-corrected chi connectivity index (χ0v) is 10.5. The first-order valence-corrected chi connectivity index (χ1v) is 7.37. The summed E-state index contributed by atoms with van der Waals surface area (Å²) < 4.78 is 16.2. The van der Waals surface area contributed by atoms with Gasteiger partial charge in [-0.15, -0.1) is 0 Å². The summed E-state index contributed by atoms with van der Waals surface area (Å²) in [6, 6.07) is 0. The van der Waals surface area contributed by atoms with E-state index in [-0.39, 0.29) is 0 Å². The molecule has 1 rings (SSSR count). The van der Waals surface area contributed by atoms with Crippen molar-refractivity contribution < 1.29 is 14.4 Å². The molecule has 3 atom stereocenters. The Morgan fingerprint density at radius 3 is 2.87 bits per heavy atom. The minimum absolute atomic E-state index is 0.318. The normalized spacial score (nSPS) is 34.0. The van der Waals surface area contributed by atoms with Gasteiger partial charge >= 0.3 is 0 Å². The molecule has 1 aliphatic rings. The van der Waals surface area contributed by atoms with Crippen LogP contribution in [0.3, 0.4) is 0 Å². The van der Waals surface area contributed by atoms with Crippen LogP contribution in [-0.4, -0.2) is 40.5 Å². The average Bonchev–Trinajstić information content (AvgIpc) is 2.18. The first-order chi connectivity index (χ1) is 7.04. The number of ether oxygens (including phenoxy) is 1. The van der Waals surface area contributed by atoms with Gasteiger partial charge in [0, 0.05) is 0 Å². The van der Waals surface area contributed by atoms with Gasteiger partial charge in [0.25, 0.3) is 0 Å². The topological polar surface area (TPSA) is 52.5 Å². The van der Waals surface area contributed by atoms with Crippen molar-refractivity contribution in [2.75, 3.05) is 25.2 Å². The van der Waals surface area contributed by atoms with E-state index in [0.29, 0.717) is 24.9 Å². The van der Waals surface area contributed by atoms with Crippen LogP contribution in [0.15, 0.2) is 0 Å². The van der Waals surface area contributed by atoms with Crippen molar-refractivity contribution in [3.05, 3.63) is 0 Å². The van der Waals surface area contributed by atoms with Gasteiger partial charge in [0.05, 0.1) is 25.1 Å². The van der Waals surface area contributed by atoms with E-state index in [1.54, 1.807) is 6.26 Å². The Kier molecular flexibility index (Phi) is 5.39. The first kappa shape index (κ1) is 13.3. The lowest BCUT2D eigenvalue weighted by Crippen LogP contribution is -2.43. The molecule has 0 amide bonds. The number of aliphatic hydroxyl groups is 1. The Labute approximate surface area is 95.4 Å². The fourth-order valence-electron chi connectivity index (χ4n) is 2.04. The molecule has 4 heteroatoms. The highest BCUT2D eigenvalue weighted by atomic mass is 32.2. The number of hydrogen-bond donors (Lipinski definition) is 1. The molecule has 0 spiro atoms. The molecule has 3 unspecified atom stereocenters. The van der Waals surface area contributed by atoms with Gasteiger partial charge in [-0.2, -0.15) is 0 Å². The lowest BCUT2D eigenvalue weighted by Gasteiger charge is -2.37. The Bertz CT molecular complexity index is 187. The van der Waals surface area contributed by atoms with E-state index in [1.807, 2.05) is 0 Å². The van der Waals surface area contributed by atoms with Crippen molar-refractivity contribution in [1.29, 1.82) is 0 Å². The summed E-state index contributed by atoms with van der Waals surface area (Å²) in [5.74, 6) is 0.878. The van der Waals surface area contributed by atoms with Crippen LogP contribution >= 0.6 is 0 Å². The number of hydrogen-bond acceptors (Lipinski definition) is 3. The molecule has 3 nitrogen and oxygen atoms in total. The van der Waals surface area contributed by atoms with Crippen LogP contribution < -0.4 is 0 Å². The first-order valence-electron chi connectivity index (χ1n) is 5.65. The van der Waals surface area contributed by atoms with Gasteiger partial charge in [-0.1, -0.05) is 30.9 Å². The van der Waals surface area contributed by atoms with Crippen LogP contribution in [0.25, 0.3) is 0 Å². The third-order valence-corrected chi connectivity index (χ3v) is 4.02. The van der Waals surface area contributed by atoms with E-state index in [9.17, 15) is 9.66 Å². The molecule has 0 saturated heterocycles. The van der Waals surface area contributed by atoms with Gasteiger partial charge < -0.3 is 14.4 Å². The SMILES string of the molecule is CC1CCCCC1(O)COCC[S+](C)[O-]. The van der Waals surface area contributed by atoms with Crippen LogP contribution in [0.5, 0.6) is 0 Å². The van der Waals surface area contributed by atoms with Crippen molar-refractivity contribution in [3.63, 3.8) is 0 Å². The van der Waals surface area contributed by atoms with E-state index in [4.69, 9.17) is 4.74 Å². The van der Waals surface area contributed by atoms with Crippen molar-refractivity contribution in [2.24, 2.45) is 5.92 Å². The standard InChI is InChI=1S/C11H22O3S/c1-10-5-3-4-6-11(10,12)9-14-7-8-15(2)13/h10,12H,3-9H2,1-2H3. The highest BCUT2D eigenvalue weighted by Crippen LogP contribution is 2.33. The molecule has 0 bridgehead atoms. The van der Waals surface area contributed by atoms with Gasteiger partial charge in [0.2, 0.25) is 0 Å². The van der Waals surface area contributed by atoms with E-state index in [2.05, 4.69) is 6.92 Å². The molecule has 0 radical (unpaired) electrons. The fraction of sp³-hybridized carbons (Fsp3) is 1.00. The van der Waals surface area contributed by atoms with Crippen molar-refractivity contribution >= 4 is 11.2 Å². The predicted octanol–water partition coefficient (Wildman–Crippen LogP) is 1.32. The molecule has 15 heavy (non-hydrogen) atoms. The predicted molar refractivity (Wildman–Crippen MR) is 62.3 cm³/mol. The summed E-state index contributed by atoms with van der Waals surface area (Å²) in [5, 5.41) is 10.3. The van der Waals surface area contributed by atoms with Crippen LogP contribution in [0.2, 0.25) is 0 Å². The quantitative estimate of drug-likeness (QED) is 0.576. The summed E-state index contributed by atoms with van der Waals surface area (Å²) in [4.78, 5) is 0. The Hall–Kier alpha value is 0.230. The summed E-state index contributed by atoms with van der Waals surface area (Å²) in [6.07, 6.45) is 5.89. The molecule has 90 valence electrons. The maximum Gasteiger partial charge on any atom is 0.128 e. The van der Waals surface area contributed by atoms with E-state index < -0.39 is 16.8 Å². The lowest BCUT2D eigenvalue weighted by molar-refractivity contribution is -0.0977. The summed E-state index contributed by atoms with van der Waals surface area (Å²) in [7, 11) is 0. The van der Waals surface area contributed by atoms with E-state index in [0.717, 1.165) is 19.3 Å². The van der Waals surface area contributed by atoms with Gasteiger partial charge in [-0.25, -0.2) is 0 Å². The van der Waals surface area contributed by atoms with E-state index in [1.165, 1.54) is 6.42 Å². The summed E-state index contributed by atoms with van der Waals surface area (Å²) in [6.45, 7) is 2.96. The van der Waals surface area contributed by atoms with E-state index >= 15 is 0 Å². The number of rotatable bonds is 5. The second-order valence-corrected chi connectivity index (χ2v) is 6.13. The largest absolute Gasteiger partial charge is 0.616 e. The molecule has 1 fully saturated rings. The molecule has 1 saturated carbocycles. The van der Waals surface area contributed by atoms with Gasteiger partial charge in [-0.3, -0.25) is 0 Å². The Morgan fingerprint density at radius 2 is 2.27 bits per heavy atom. The fourth-order valence-corrected chi connectivity index (χ4v) is 2.39. The van der Waals surface area contributed by atoms with Crippen molar-refractivity contribution in [3.8, 4) is 0 Å². The minimum atomic E-state index is -0.801. The van der Waals surface area contributed by atoms with Crippen LogP contribution in [0, 0.1) is 5.92 Å². The molecular weight excluding hydrogens is 212 g/mol. The van der Waals surface area contributed by atoms with Crippen LogP contribution in [-0.2, 0) is 15.9 Å². The lowest BCUT2D eigenvalue weighted by atomic mass is 9.77. The Balaban J connectivity index is 2.23. The molecule has 1 aliphatic carbocycles. The van der Waals surface area contributed by atoms with Gasteiger partial charge in [0.15, 0.2) is 0 Å². The minimum Gasteiger partial charge on any atom is -0.616 e. The monoisotopic (exact) mass is 234 g/mol. The average molecular weight is 234 g/mol. The van der Waals surface area contributed by atoms with Crippen molar-refractivity contribution in [1.82, 2.24) is 0 Å². The second-order valence-electron chi connectivity index (χ2n) is 4.58. The highest BCUT2D eigenvalue weighted by Gasteiger charge is 2.36. The zero-order chi connectivity index (χ0) is 11.3. The Morgan fingerprint density at radius 1 is 1.53 bits per heavy atom. The maximum absolute atomic E-state index is 10.8. The second kappa shape index (κ2) is 6.09.